The molecule has 0 atom stereocenters. The predicted molar refractivity (Wildman–Crippen MR) is 67.8 cm³/mol. The molecule has 0 fully saturated rings. The van der Waals surface area contributed by atoms with E-state index in [1.165, 1.54) is 11.3 Å². The number of thiazole rings is 1. The number of nitrogens with zero attached hydrogens (tertiary/aromatic N) is 2. The van der Waals surface area contributed by atoms with Crippen LogP contribution >= 0.6 is 11.3 Å². The van der Waals surface area contributed by atoms with Crippen LogP contribution in [0.2, 0.25) is 0 Å². The minimum absolute atomic E-state index is 0.197. The van der Waals surface area contributed by atoms with E-state index in [-0.39, 0.29) is 5.91 Å². The minimum atomic E-state index is -0.197. The fourth-order valence-electron chi connectivity index (χ4n) is 1.50. The summed E-state index contributed by atoms with van der Waals surface area (Å²) in [6.07, 6.45) is 0. The lowest BCUT2D eigenvalue weighted by Crippen LogP contribution is -2.24. The standard InChI is InChI=1S/C11H14N4OS/c1-7-3-4-8(15(7)2)5-13-10(16)9-6-17-11(12)14-9/h3-4,6H,5H2,1-2H3,(H2,12,14)(H,13,16). The number of carbonyl (C=O) groups is 1. The van der Waals surface area contributed by atoms with Crippen molar-refractivity contribution >= 4 is 22.4 Å². The highest BCUT2D eigenvalue weighted by molar-refractivity contribution is 7.13. The van der Waals surface area contributed by atoms with Gasteiger partial charge in [-0.25, -0.2) is 4.98 Å². The average Bonchev–Trinajstić information content (AvgIpc) is 2.86. The Labute approximate surface area is 103 Å². The number of amides is 1. The Balaban J connectivity index is 1.99. The molecule has 2 aromatic rings. The van der Waals surface area contributed by atoms with Crippen LogP contribution in [0.3, 0.4) is 0 Å². The molecule has 3 N–H and O–H groups in total. The maximum atomic E-state index is 11.7. The molecular weight excluding hydrogens is 236 g/mol. The number of carbonyl (C=O) groups excluding carboxylic acids is 1. The van der Waals surface area contributed by atoms with Crippen molar-refractivity contribution in [3.8, 4) is 0 Å². The van der Waals surface area contributed by atoms with Crippen LogP contribution in [0.5, 0.6) is 0 Å². The van der Waals surface area contributed by atoms with E-state index >= 15 is 0 Å². The summed E-state index contributed by atoms with van der Waals surface area (Å²) in [7, 11) is 1.97. The number of nitrogens with two attached hydrogens (primary N) is 1. The zero-order chi connectivity index (χ0) is 12.4. The van der Waals surface area contributed by atoms with E-state index < -0.39 is 0 Å². The molecule has 0 aliphatic rings. The SMILES string of the molecule is Cc1ccc(CNC(=O)c2csc(N)n2)n1C. The molecule has 2 heterocycles. The van der Waals surface area contributed by atoms with Crippen molar-refractivity contribution in [2.75, 3.05) is 5.73 Å². The lowest BCUT2D eigenvalue weighted by Gasteiger charge is -2.06. The molecular formula is C11H14N4OS. The summed E-state index contributed by atoms with van der Waals surface area (Å²) in [5, 5.41) is 4.87. The highest BCUT2D eigenvalue weighted by atomic mass is 32.1. The minimum Gasteiger partial charge on any atom is -0.375 e. The van der Waals surface area contributed by atoms with E-state index in [0.717, 1.165) is 11.4 Å². The average molecular weight is 250 g/mol. The van der Waals surface area contributed by atoms with Gasteiger partial charge in [-0.2, -0.15) is 0 Å². The van der Waals surface area contributed by atoms with Gasteiger partial charge in [0.2, 0.25) is 0 Å². The van der Waals surface area contributed by atoms with E-state index in [9.17, 15) is 4.79 Å². The summed E-state index contributed by atoms with van der Waals surface area (Å²) >= 11 is 1.26. The predicted octanol–water partition coefficient (Wildman–Crippen LogP) is 1.30. The second-order valence-electron chi connectivity index (χ2n) is 3.78. The summed E-state index contributed by atoms with van der Waals surface area (Å²) < 4.78 is 2.04. The van der Waals surface area contributed by atoms with Crippen molar-refractivity contribution in [1.82, 2.24) is 14.9 Å². The molecule has 6 heteroatoms. The second-order valence-corrected chi connectivity index (χ2v) is 4.67. The van der Waals surface area contributed by atoms with Crippen molar-refractivity contribution in [1.29, 1.82) is 0 Å². The van der Waals surface area contributed by atoms with Crippen molar-refractivity contribution < 1.29 is 4.79 Å². The first-order chi connectivity index (χ1) is 8.08. The van der Waals surface area contributed by atoms with E-state index in [4.69, 9.17) is 5.73 Å². The molecule has 0 aliphatic heterocycles. The maximum absolute atomic E-state index is 11.7. The highest BCUT2D eigenvalue weighted by Crippen LogP contribution is 2.11. The molecule has 0 saturated heterocycles. The molecule has 0 aliphatic carbocycles. The van der Waals surface area contributed by atoms with Crippen LogP contribution in [0, 0.1) is 6.92 Å². The van der Waals surface area contributed by atoms with Gasteiger partial charge in [0, 0.05) is 23.8 Å². The first kappa shape index (κ1) is 11.7. The summed E-state index contributed by atoms with van der Waals surface area (Å²) in [5.41, 5.74) is 8.06. The molecule has 0 saturated carbocycles. The molecule has 5 nitrogen and oxygen atoms in total. The van der Waals surface area contributed by atoms with E-state index in [2.05, 4.69) is 10.3 Å². The molecule has 0 bridgehead atoms. The van der Waals surface area contributed by atoms with Gasteiger partial charge in [0.1, 0.15) is 5.69 Å². The van der Waals surface area contributed by atoms with Crippen LogP contribution in [0.25, 0.3) is 0 Å². The van der Waals surface area contributed by atoms with Crippen LogP contribution in [0.4, 0.5) is 5.13 Å². The smallest absolute Gasteiger partial charge is 0.271 e. The molecule has 1 amide bonds. The van der Waals surface area contributed by atoms with Gasteiger partial charge in [0.15, 0.2) is 5.13 Å². The van der Waals surface area contributed by atoms with E-state index in [1.54, 1.807) is 5.38 Å². The second kappa shape index (κ2) is 4.58. The van der Waals surface area contributed by atoms with Gasteiger partial charge in [0.25, 0.3) is 5.91 Å². The topological polar surface area (TPSA) is 72.9 Å². The molecule has 90 valence electrons. The van der Waals surface area contributed by atoms with Crippen LogP contribution in [-0.4, -0.2) is 15.5 Å². The number of nitrogens with one attached hydrogen (secondary N) is 1. The summed E-state index contributed by atoms with van der Waals surface area (Å²) in [5.74, 6) is -0.197. The number of nitrogen functional groups attached to an aromatic ring is 1. The molecule has 0 unspecified atom stereocenters. The molecule has 17 heavy (non-hydrogen) atoms. The molecule has 0 aromatic carbocycles. The number of rotatable bonds is 3. The van der Waals surface area contributed by atoms with Crippen molar-refractivity contribution in [3.05, 3.63) is 34.6 Å². The summed E-state index contributed by atoms with van der Waals surface area (Å²) in [6.45, 7) is 2.51. The third-order valence-corrected chi connectivity index (χ3v) is 3.34. The quantitative estimate of drug-likeness (QED) is 0.862. The number of hydrogen-bond donors (Lipinski definition) is 2. The molecule has 0 radical (unpaired) electrons. The Kier molecular flexibility index (Phi) is 3.14. The monoisotopic (exact) mass is 250 g/mol. The zero-order valence-corrected chi connectivity index (χ0v) is 10.5. The Morgan fingerprint density at radius 3 is 2.88 bits per heavy atom. The highest BCUT2D eigenvalue weighted by Gasteiger charge is 2.10. The largest absolute Gasteiger partial charge is 0.375 e. The van der Waals surface area contributed by atoms with Crippen molar-refractivity contribution in [3.63, 3.8) is 0 Å². The Morgan fingerprint density at radius 2 is 2.35 bits per heavy atom. The van der Waals surface area contributed by atoms with Crippen LogP contribution in [0.1, 0.15) is 21.9 Å². The summed E-state index contributed by atoms with van der Waals surface area (Å²) in [4.78, 5) is 15.6. The van der Waals surface area contributed by atoms with Gasteiger partial charge in [0.05, 0.1) is 6.54 Å². The van der Waals surface area contributed by atoms with Gasteiger partial charge in [-0.3, -0.25) is 4.79 Å². The zero-order valence-electron chi connectivity index (χ0n) is 9.73. The van der Waals surface area contributed by atoms with E-state index in [1.807, 2.05) is 30.7 Å². The number of aromatic nitrogens is 2. The van der Waals surface area contributed by atoms with Crippen molar-refractivity contribution in [2.45, 2.75) is 13.5 Å². The fourth-order valence-corrected chi connectivity index (χ4v) is 2.04. The third kappa shape index (κ3) is 2.47. The van der Waals surface area contributed by atoms with Gasteiger partial charge >= 0.3 is 0 Å². The van der Waals surface area contributed by atoms with Crippen molar-refractivity contribution in [2.24, 2.45) is 7.05 Å². The Morgan fingerprint density at radius 1 is 1.59 bits per heavy atom. The first-order valence-electron chi connectivity index (χ1n) is 5.18. The number of aryl methyl sites for hydroxylation is 1. The lowest BCUT2D eigenvalue weighted by molar-refractivity contribution is 0.0946. The van der Waals surface area contributed by atoms with Crippen LogP contribution in [-0.2, 0) is 13.6 Å². The first-order valence-corrected chi connectivity index (χ1v) is 6.06. The van der Waals surface area contributed by atoms with Gasteiger partial charge in [-0.15, -0.1) is 11.3 Å². The summed E-state index contributed by atoms with van der Waals surface area (Å²) in [6, 6.07) is 4.01. The molecule has 2 rings (SSSR count). The fraction of sp³-hybridized carbons (Fsp3) is 0.273. The van der Waals surface area contributed by atoms with Gasteiger partial charge in [-0.05, 0) is 19.1 Å². The molecule has 0 spiro atoms. The third-order valence-electron chi connectivity index (χ3n) is 2.66. The van der Waals surface area contributed by atoms with Gasteiger partial charge in [-0.1, -0.05) is 0 Å². The number of hydrogen-bond acceptors (Lipinski definition) is 4. The lowest BCUT2D eigenvalue weighted by atomic mass is 10.4. The Hall–Kier alpha value is -1.82. The maximum Gasteiger partial charge on any atom is 0.271 e. The normalized spacial score (nSPS) is 10.5. The van der Waals surface area contributed by atoms with E-state index in [0.29, 0.717) is 17.4 Å². The Bertz CT molecular complexity index is 543. The molecule has 2 aromatic heterocycles. The number of anilines is 1. The van der Waals surface area contributed by atoms with Crippen LogP contribution in [0.15, 0.2) is 17.5 Å². The van der Waals surface area contributed by atoms with Crippen LogP contribution < -0.4 is 11.1 Å². The van der Waals surface area contributed by atoms with Gasteiger partial charge < -0.3 is 15.6 Å².